The molecule has 3 rings (SSSR count). The number of carboxylic acids is 2. The van der Waals surface area contributed by atoms with Gasteiger partial charge in [-0.3, -0.25) is 9.78 Å². The van der Waals surface area contributed by atoms with Crippen molar-refractivity contribution >= 4 is 33.4 Å². The molecule has 3 aromatic rings. The van der Waals surface area contributed by atoms with E-state index < -0.39 is 49.6 Å². The zero-order valence-electron chi connectivity index (χ0n) is 18.5. The van der Waals surface area contributed by atoms with Crippen molar-refractivity contribution in [2.75, 3.05) is 0 Å². The van der Waals surface area contributed by atoms with E-state index in [2.05, 4.69) is 15.2 Å². The van der Waals surface area contributed by atoms with Crippen LogP contribution in [0.2, 0.25) is 0 Å². The maximum Gasteiger partial charge on any atom is 1.00 e. The Bertz CT molecular complexity index is 1500. The predicted molar refractivity (Wildman–Crippen MR) is 102 cm³/mol. The molecule has 0 radical (unpaired) electrons. The van der Waals surface area contributed by atoms with Gasteiger partial charge in [-0.05, 0) is 31.2 Å². The van der Waals surface area contributed by atoms with Crippen molar-refractivity contribution in [1.82, 2.24) is 4.98 Å². The average Bonchev–Trinajstić information content (AvgIpc) is 2.72. The number of H-pyrrole nitrogens is 1. The van der Waals surface area contributed by atoms with Gasteiger partial charge in [0.1, 0.15) is 10.1 Å². The molecular weight excluding hydrogens is 506 g/mol. The molecule has 1 aromatic carbocycles. The first-order valence-electron chi connectivity index (χ1n) is 8.82. The standard InChI is InChI=1S/C19H14N4O9S.2Na/c1-9-14(22-21-13-5-4-11(33(30,31)32)7-12(13)19(28)29)16(24)20-17(25)15(9)23-6-2-3-10(8-23)18(26)27;;/h2-8H,1H3,(H4-,20,21,24,25,26,27,28,29,30,31,32);;/q;2*+1/p-2. The number of aromatic amines is 1. The topological polar surface area (TPSA) is 219 Å². The first-order chi connectivity index (χ1) is 15.4. The normalized spacial score (nSPS) is 10.9. The third kappa shape index (κ3) is 6.83. The summed E-state index contributed by atoms with van der Waals surface area (Å²) in [5, 5.41) is 40.0. The third-order valence-corrected chi connectivity index (χ3v) is 5.24. The Morgan fingerprint density at radius 1 is 1.09 bits per heavy atom. The Hall–Kier alpha value is -2.43. The van der Waals surface area contributed by atoms with E-state index in [1.54, 1.807) is 0 Å². The van der Waals surface area contributed by atoms with Gasteiger partial charge in [-0.2, -0.15) is 4.57 Å². The summed E-state index contributed by atoms with van der Waals surface area (Å²) >= 11 is 0. The summed E-state index contributed by atoms with van der Waals surface area (Å²) in [6.07, 6.45) is 2.46. The summed E-state index contributed by atoms with van der Waals surface area (Å²) in [6.45, 7) is 1.37. The monoisotopic (exact) mass is 518 g/mol. The van der Waals surface area contributed by atoms with E-state index in [-0.39, 0.29) is 81.6 Å². The van der Waals surface area contributed by atoms with E-state index >= 15 is 0 Å². The summed E-state index contributed by atoms with van der Waals surface area (Å²) in [5.41, 5.74) is -2.59. The van der Waals surface area contributed by atoms with Crippen molar-refractivity contribution in [2.24, 2.45) is 10.2 Å². The summed E-state index contributed by atoms with van der Waals surface area (Å²) in [4.78, 5) is 36.2. The number of nitrogens with zero attached hydrogens (tertiary/aromatic N) is 3. The van der Waals surface area contributed by atoms with Crippen molar-refractivity contribution in [1.29, 1.82) is 0 Å². The minimum atomic E-state index is -4.95. The van der Waals surface area contributed by atoms with E-state index in [1.165, 1.54) is 25.3 Å². The molecule has 0 unspecified atom stereocenters. The molecule has 0 aliphatic carbocycles. The number of carbonyl (C=O) groups is 2. The van der Waals surface area contributed by atoms with Gasteiger partial charge in [0.25, 0.3) is 5.69 Å². The second-order valence-corrected chi connectivity index (χ2v) is 7.91. The van der Waals surface area contributed by atoms with Gasteiger partial charge < -0.3 is 29.5 Å². The molecular formula is C19H12N4Na2O9S. The van der Waals surface area contributed by atoms with Gasteiger partial charge in [0, 0.05) is 11.6 Å². The van der Waals surface area contributed by atoms with Crippen molar-refractivity contribution in [3.63, 3.8) is 0 Å². The number of aromatic carboxylic acids is 2. The van der Waals surface area contributed by atoms with Crippen LogP contribution in [0.5, 0.6) is 5.88 Å². The summed E-state index contributed by atoms with van der Waals surface area (Å²) in [5.74, 6) is -4.06. The van der Waals surface area contributed by atoms with E-state index in [0.29, 0.717) is 6.07 Å². The number of aromatic nitrogens is 2. The number of nitrogens with one attached hydrogen (secondary N) is 1. The molecule has 35 heavy (non-hydrogen) atoms. The molecule has 0 saturated carbocycles. The van der Waals surface area contributed by atoms with E-state index in [4.69, 9.17) is 0 Å². The zero-order chi connectivity index (χ0) is 24.5. The van der Waals surface area contributed by atoms with Crippen LogP contribution in [0.15, 0.2) is 62.6 Å². The van der Waals surface area contributed by atoms with E-state index in [9.17, 15) is 42.7 Å². The number of carboxylic acid groups (broad SMARTS) is 2. The minimum Gasteiger partial charge on any atom is -0.744 e. The van der Waals surface area contributed by atoms with Crippen molar-refractivity contribution in [3.8, 4) is 11.6 Å². The summed E-state index contributed by atoms with van der Waals surface area (Å²) in [6, 6.07) is 4.85. The molecule has 0 bridgehead atoms. The maximum absolute atomic E-state index is 12.4. The van der Waals surface area contributed by atoms with Gasteiger partial charge in [0.15, 0.2) is 18.1 Å². The summed E-state index contributed by atoms with van der Waals surface area (Å²) in [7, 11) is -4.95. The number of hydrogen-bond acceptors (Lipinski definition) is 11. The van der Waals surface area contributed by atoms with Crippen LogP contribution in [-0.2, 0) is 10.1 Å². The van der Waals surface area contributed by atoms with Gasteiger partial charge in [0.05, 0.1) is 33.6 Å². The molecule has 170 valence electrons. The molecule has 0 spiro atoms. The smallest absolute Gasteiger partial charge is 0.744 e. The van der Waals surface area contributed by atoms with Crippen LogP contribution in [0.4, 0.5) is 11.4 Å². The Morgan fingerprint density at radius 3 is 2.31 bits per heavy atom. The maximum atomic E-state index is 12.4. The third-order valence-electron chi connectivity index (χ3n) is 4.41. The van der Waals surface area contributed by atoms with E-state index in [1.807, 2.05) is 0 Å². The number of carbonyl (C=O) groups excluding carboxylic acids is 2. The van der Waals surface area contributed by atoms with Gasteiger partial charge in [0.2, 0.25) is 5.88 Å². The molecule has 16 heteroatoms. The summed E-state index contributed by atoms with van der Waals surface area (Å²) < 4.78 is 34.5. The van der Waals surface area contributed by atoms with Crippen LogP contribution >= 0.6 is 0 Å². The zero-order valence-corrected chi connectivity index (χ0v) is 23.3. The number of benzene rings is 1. The Kier molecular flexibility index (Phi) is 10.5. The molecule has 13 nitrogen and oxygen atoms in total. The average molecular weight is 518 g/mol. The van der Waals surface area contributed by atoms with Gasteiger partial charge in [-0.15, -0.1) is 10.2 Å². The number of pyridine rings is 2. The first-order valence-corrected chi connectivity index (χ1v) is 10.2. The predicted octanol–water partition coefficient (Wildman–Crippen LogP) is -7.28. The van der Waals surface area contributed by atoms with Crippen LogP contribution < -0.4 is 79.5 Å². The van der Waals surface area contributed by atoms with Crippen LogP contribution in [0.1, 0.15) is 26.3 Å². The second-order valence-electron chi connectivity index (χ2n) is 6.53. The number of hydrogen-bond donors (Lipinski definition) is 2. The Morgan fingerprint density at radius 2 is 1.74 bits per heavy atom. The van der Waals surface area contributed by atoms with Gasteiger partial charge in [-0.1, -0.05) is 0 Å². The fraction of sp³-hybridized carbons (Fsp3) is 0.0526. The Balaban J connectivity index is 0.00000306. The Labute approximate surface area is 241 Å². The second kappa shape index (κ2) is 12.0. The first kappa shape index (κ1) is 30.6. The van der Waals surface area contributed by atoms with E-state index in [0.717, 1.165) is 22.9 Å². The molecule has 0 fully saturated rings. The van der Waals surface area contributed by atoms with Crippen LogP contribution in [0.25, 0.3) is 5.69 Å². The molecule has 0 saturated heterocycles. The molecule has 0 aliphatic rings. The van der Waals surface area contributed by atoms with Crippen LogP contribution in [0.3, 0.4) is 0 Å². The van der Waals surface area contributed by atoms with Crippen molar-refractivity contribution in [2.45, 2.75) is 11.8 Å². The fourth-order valence-electron chi connectivity index (χ4n) is 2.88. The molecule has 0 aliphatic heterocycles. The van der Waals surface area contributed by atoms with Crippen LogP contribution in [-0.4, -0.2) is 35.0 Å². The minimum absolute atomic E-state index is 0. The van der Waals surface area contributed by atoms with Gasteiger partial charge >= 0.3 is 64.7 Å². The largest absolute Gasteiger partial charge is 1.00 e. The molecule has 2 aromatic heterocycles. The quantitative estimate of drug-likeness (QED) is 0.137. The number of aromatic hydroxyl groups is 1. The molecule has 0 atom stereocenters. The van der Waals surface area contributed by atoms with Crippen LogP contribution in [0, 0.1) is 6.92 Å². The number of rotatable bonds is 6. The molecule has 0 amide bonds. The number of azo groups is 1. The van der Waals surface area contributed by atoms with Gasteiger partial charge in [-0.25, -0.2) is 8.42 Å². The van der Waals surface area contributed by atoms with Crippen molar-refractivity contribution < 1.29 is 102 Å². The molecule has 2 heterocycles. The molecule has 2 N–H and O–H groups in total. The van der Waals surface area contributed by atoms with Crippen molar-refractivity contribution in [3.05, 3.63) is 69.8 Å². The SMILES string of the molecule is Cc1c(N=Nc2ccc(S(=O)(=O)[O-])cc2C(=O)[O-])c(O)[nH]c(=O)c1-[n+]1cccc(C(=O)[O-])c1.[Na+].[Na+]. The fourth-order valence-corrected chi connectivity index (χ4v) is 3.38.